The molecule has 0 atom stereocenters. The fraction of sp³-hybridized carbons (Fsp3) is 0.412. The number of fused-ring (bicyclic) bond motifs is 1. The largest absolute Gasteiger partial charge is 0.480 e. The first-order chi connectivity index (χ1) is 10.6. The minimum atomic E-state index is -1.13. The molecule has 1 amide bonds. The minimum absolute atomic E-state index is 0.319. The van der Waals surface area contributed by atoms with Crippen LogP contribution in [0.4, 0.5) is 0 Å². The van der Waals surface area contributed by atoms with E-state index in [-0.39, 0.29) is 5.91 Å². The zero-order valence-electron chi connectivity index (χ0n) is 12.4. The molecule has 0 saturated heterocycles. The third kappa shape index (κ3) is 2.71. The average Bonchev–Trinajstić information content (AvgIpc) is 2.84. The first kappa shape index (κ1) is 14.6. The lowest BCUT2D eigenvalue weighted by Crippen LogP contribution is -2.54. The Morgan fingerprint density at radius 2 is 1.82 bits per heavy atom. The Labute approximate surface area is 128 Å². The SMILES string of the molecule is O=C(NC1(C(=O)O)CCCCCC1)c1ccc2cc[nH]c2c1. The van der Waals surface area contributed by atoms with Crippen molar-refractivity contribution in [2.45, 2.75) is 44.1 Å². The maximum Gasteiger partial charge on any atom is 0.329 e. The van der Waals surface area contributed by atoms with Crippen LogP contribution in [0.5, 0.6) is 0 Å². The number of aromatic nitrogens is 1. The number of carbonyl (C=O) groups excluding carboxylic acids is 1. The van der Waals surface area contributed by atoms with Crippen molar-refractivity contribution in [2.75, 3.05) is 0 Å². The van der Waals surface area contributed by atoms with Gasteiger partial charge < -0.3 is 15.4 Å². The van der Waals surface area contributed by atoms with E-state index in [1.54, 1.807) is 12.1 Å². The molecule has 1 fully saturated rings. The molecular weight excluding hydrogens is 280 g/mol. The molecule has 5 nitrogen and oxygen atoms in total. The van der Waals surface area contributed by atoms with Crippen LogP contribution in [0, 0.1) is 0 Å². The van der Waals surface area contributed by atoms with Crippen molar-refractivity contribution < 1.29 is 14.7 Å². The van der Waals surface area contributed by atoms with Gasteiger partial charge in [-0.1, -0.05) is 31.7 Å². The topological polar surface area (TPSA) is 82.2 Å². The number of aliphatic carboxylic acids is 1. The summed E-state index contributed by atoms with van der Waals surface area (Å²) in [6.45, 7) is 0. The van der Waals surface area contributed by atoms with Crippen LogP contribution >= 0.6 is 0 Å². The summed E-state index contributed by atoms with van der Waals surface area (Å²) in [5.41, 5.74) is 0.232. The van der Waals surface area contributed by atoms with E-state index >= 15 is 0 Å². The maximum atomic E-state index is 12.5. The second-order valence-electron chi connectivity index (χ2n) is 6.04. The van der Waals surface area contributed by atoms with Crippen molar-refractivity contribution in [3.63, 3.8) is 0 Å². The van der Waals surface area contributed by atoms with E-state index in [2.05, 4.69) is 10.3 Å². The Morgan fingerprint density at radius 3 is 2.50 bits per heavy atom. The monoisotopic (exact) mass is 300 g/mol. The zero-order valence-corrected chi connectivity index (χ0v) is 12.4. The Morgan fingerprint density at radius 1 is 1.09 bits per heavy atom. The number of benzene rings is 1. The maximum absolute atomic E-state index is 12.5. The van der Waals surface area contributed by atoms with E-state index in [1.165, 1.54) is 0 Å². The Bertz CT molecular complexity index is 697. The summed E-state index contributed by atoms with van der Waals surface area (Å²) in [6, 6.07) is 7.29. The van der Waals surface area contributed by atoms with Crippen LogP contribution in [0.25, 0.3) is 10.9 Å². The number of carbonyl (C=O) groups is 2. The summed E-state index contributed by atoms with van der Waals surface area (Å²) < 4.78 is 0. The van der Waals surface area contributed by atoms with Crippen molar-refractivity contribution in [1.82, 2.24) is 10.3 Å². The highest BCUT2D eigenvalue weighted by atomic mass is 16.4. The van der Waals surface area contributed by atoms with Crippen LogP contribution in [-0.2, 0) is 4.79 Å². The van der Waals surface area contributed by atoms with Gasteiger partial charge in [-0.3, -0.25) is 4.79 Å². The van der Waals surface area contributed by atoms with Crippen molar-refractivity contribution in [3.8, 4) is 0 Å². The lowest BCUT2D eigenvalue weighted by Gasteiger charge is -2.29. The molecule has 1 aliphatic carbocycles. The van der Waals surface area contributed by atoms with Gasteiger partial charge >= 0.3 is 5.97 Å². The highest BCUT2D eigenvalue weighted by Crippen LogP contribution is 2.28. The van der Waals surface area contributed by atoms with E-state index in [0.717, 1.165) is 36.6 Å². The molecule has 116 valence electrons. The second-order valence-corrected chi connectivity index (χ2v) is 6.04. The molecule has 3 rings (SSSR count). The number of aromatic amines is 1. The number of hydrogen-bond acceptors (Lipinski definition) is 2. The van der Waals surface area contributed by atoms with Gasteiger partial charge in [0.05, 0.1) is 0 Å². The highest BCUT2D eigenvalue weighted by molar-refractivity contribution is 6.00. The van der Waals surface area contributed by atoms with Crippen molar-refractivity contribution in [3.05, 3.63) is 36.0 Å². The Hall–Kier alpha value is -2.30. The number of carboxylic acid groups (broad SMARTS) is 1. The van der Waals surface area contributed by atoms with E-state index in [4.69, 9.17) is 0 Å². The quantitative estimate of drug-likeness (QED) is 0.762. The van der Waals surface area contributed by atoms with Crippen LogP contribution in [0.1, 0.15) is 48.9 Å². The summed E-state index contributed by atoms with van der Waals surface area (Å²) >= 11 is 0. The van der Waals surface area contributed by atoms with Crippen molar-refractivity contribution in [2.24, 2.45) is 0 Å². The highest BCUT2D eigenvalue weighted by Gasteiger charge is 2.40. The molecule has 0 bridgehead atoms. The van der Waals surface area contributed by atoms with E-state index < -0.39 is 11.5 Å². The molecule has 3 N–H and O–H groups in total. The fourth-order valence-electron chi connectivity index (χ4n) is 3.20. The molecule has 1 saturated carbocycles. The van der Waals surface area contributed by atoms with Gasteiger partial charge in [-0.15, -0.1) is 0 Å². The molecule has 0 aliphatic heterocycles. The lowest BCUT2D eigenvalue weighted by atomic mass is 9.89. The van der Waals surface area contributed by atoms with E-state index in [1.807, 2.05) is 18.3 Å². The van der Waals surface area contributed by atoms with Crippen LogP contribution < -0.4 is 5.32 Å². The van der Waals surface area contributed by atoms with Gasteiger partial charge in [0.2, 0.25) is 0 Å². The predicted octanol–water partition coefficient (Wildman–Crippen LogP) is 3.08. The lowest BCUT2D eigenvalue weighted by molar-refractivity contribution is -0.145. The number of rotatable bonds is 3. The van der Waals surface area contributed by atoms with Crippen LogP contribution in [0.15, 0.2) is 30.5 Å². The van der Waals surface area contributed by atoms with Gasteiger partial charge in [0.15, 0.2) is 0 Å². The molecule has 22 heavy (non-hydrogen) atoms. The van der Waals surface area contributed by atoms with Gasteiger partial charge in [0, 0.05) is 17.3 Å². The first-order valence-electron chi connectivity index (χ1n) is 7.74. The fourth-order valence-corrected chi connectivity index (χ4v) is 3.20. The second kappa shape index (κ2) is 5.83. The third-order valence-electron chi connectivity index (χ3n) is 4.54. The third-order valence-corrected chi connectivity index (χ3v) is 4.54. The molecule has 0 spiro atoms. The van der Waals surface area contributed by atoms with Gasteiger partial charge in [0.25, 0.3) is 5.91 Å². The molecule has 0 unspecified atom stereocenters. The Balaban J connectivity index is 1.85. The molecule has 0 radical (unpaired) electrons. The standard InChI is InChI=1S/C17H20N2O3/c20-15(13-6-5-12-7-10-18-14(12)11-13)19-17(16(21)22)8-3-1-2-4-9-17/h5-7,10-11,18H,1-4,8-9H2,(H,19,20)(H,21,22). The number of hydrogen-bond donors (Lipinski definition) is 3. The normalized spacial score (nSPS) is 17.8. The van der Waals surface area contributed by atoms with E-state index in [9.17, 15) is 14.7 Å². The number of H-pyrrole nitrogens is 1. The van der Waals surface area contributed by atoms with Gasteiger partial charge in [-0.2, -0.15) is 0 Å². The van der Waals surface area contributed by atoms with Crippen LogP contribution in [0.3, 0.4) is 0 Å². The van der Waals surface area contributed by atoms with Crippen molar-refractivity contribution in [1.29, 1.82) is 0 Å². The average molecular weight is 300 g/mol. The summed E-state index contributed by atoms with van der Waals surface area (Å²) in [4.78, 5) is 27.3. The summed E-state index contributed by atoms with van der Waals surface area (Å²) in [5, 5.41) is 13.4. The van der Waals surface area contributed by atoms with Crippen LogP contribution in [0.2, 0.25) is 0 Å². The van der Waals surface area contributed by atoms with Gasteiger partial charge in [0.1, 0.15) is 5.54 Å². The molecule has 2 aromatic rings. The molecular formula is C17H20N2O3. The molecule has 1 aromatic heterocycles. The molecule has 1 aliphatic rings. The molecule has 5 heteroatoms. The molecule has 1 aromatic carbocycles. The zero-order chi connectivity index (χ0) is 15.6. The minimum Gasteiger partial charge on any atom is -0.480 e. The van der Waals surface area contributed by atoms with Crippen molar-refractivity contribution >= 4 is 22.8 Å². The summed E-state index contributed by atoms with van der Waals surface area (Å²) in [5.74, 6) is -1.25. The van der Waals surface area contributed by atoms with Crippen LogP contribution in [-0.4, -0.2) is 27.5 Å². The first-order valence-corrected chi connectivity index (χ1v) is 7.74. The molecule has 1 heterocycles. The number of amides is 1. The predicted molar refractivity (Wildman–Crippen MR) is 83.8 cm³/mol. The number of carboxylic acids is 1. The Kier molecular flexibility index (Phi) is 3.88. The smallest absolute Gasteiger partial charge is 0.329 e. The van der Waals surface area contributed by atoms with Gasteiger partial charge in [-0.05, 0) is 36.4 Å². The van der Waals surface area contributed by atoms with Gasteiger partial charge in [-0.25, -0.2) is 4.79 Å². The summed E-state index contributed by atoms with van der Waals surface area (Å²) in [6.07, 6.45) is 6.54. The van der Waals surface area contributed by atoms with E-state index in [0.29, 0.717) is 18.4 Å². The number of nitrogens with one attached hydrogen (secondary N) is 2. The summed E-state index contributed by atoms with van der Waals surface area (Å²) in [7, 11) is 0.